The van der Waals surface area contributed by atoms with Crippen LogP contribution < -0.4 is 4.57 Å². The van der Waals surface area contributed by atoms with Crippen LogP contribution in [0.5, 0.6) is 0 Å². The van der Waals surface area contributed by atoms with Gasteiger partial charge in [0, 0.05) is 6.42 Å². The molecule has 1 aromatic carbocycles. The van der Waals surface area contributed by atoms with Crippen molar-refractivity contribution in [1.29, 1.82) is 0 Å². The Balaban J connectivity index is 1.66. The highest BCUT2D eigenvalue weighted by Crippen LogP contribution is 2.15. The van der Waals surface area contributed by atoms with Crippen molar-refractivity contribution >= 4 is 0 Å². The first-order valence-corrected chi connectivity index (χ1v) is 13.5. The average molecular weight is 426 g/mol. The van der Waals surface area contributed by atoms with Gasteiger partial charge in [0.1, 0.15) is 18.1 Å². The molecule has 0 bridgehead atoms. The van der Waals surface area contributed by atoms with Gasteiger partial charge in [0.05, 0.1) is 6.54 Å². The summed E-state index contributed by atoms with van der Waals surface area (Å²) >= 11 is 0. The number of hydrogen-bond acceptors (Lipinski definition) is 0. The fourth-order valence-corrected chi connectivity index (χ4v) is 4.58. The molecule has 0 fully saturated rings. The summed E-state index contributed by atoms with van der Waals surface area (Å²) in [5.41, 5.74) is 1.29. The number of unbranched alkanes of at least 4 members (excludes halogenated alkanes) is 14. The lowest BCUT2D eigenvalue weighted by atomic mass is 10.0. The first-order chi connectivity index (χ1) is 15.4. The predicted molar refractivity (Wildman–Crippen MR) is 135 cm³/mol. The van der Waals surface area contributed by atoms with E-state index in [0.717, 1.165) is 6.54 Å². The molecule has 174 valence electrons. The van der Waals surface area contributed by atoms with Crippen LogP contribution in [-0.2, 0) is 13.0 Å². The van der Waals surface area contributed by atoms with Crippen molar-refractivity contribution in [2.75, 3.05) is 0 Å². The number of nitrogens with zero attached hydrogens (tertiary/aromatic N) is 2. The third-order valence-corrected chi connectivity index (χ3v) is 6.55. The minimum absolute atomic E-state index is 1.15. The molecule has 0 amide bonds. The van der Waals surface area contributed by atoms with Gasteiger partial charge in [0.25, 0.3) is 5.82 Å². The number of rotatable bonds is 19. The molecule has 0 saturated heterocycles. The maximum atomic E-state index is 2.50. The van der Waals surface area contributed by atoms with Crippen LogP contribution in [-0.4, -0.2) is 4.57 Å². The second-order valence-electron chi connectivity index (χ2n) is 9.31. The molecule has 1 heterocycles. The van der Waals surface area contributed by atoms with Crippen LogP contribution in [0.1, 0.15) is 122 Å². The summed E-state index contributed by atoms with van der Waals surface area (Å²) in [5, 5.41) is 0. The van der Waals surface area contributed by atoms with Crippen molar-refractivity contribution in [3.8, 4) is 5.69 Å². The molecule has 2 nitrogen and oxygen atoms in total. The fraction of sp³-hybridized carbons (Fsp3) is 0.690. The number of aromatic nitrogens is 2. The smallest absolute Gasteiger partial charge is 0.234 e. The van der Waals surface area contributed by atoms with Crippen LogP contribution in [0.15, 0.2) is 42.7 Å². The van der Waals surface area contributed by atoms with E-state index in [0.29, 0.717) is 0 Å². The zero-order valence-corrected chi connectivity index (χ0v) is 20.7. The Morgan fingerprint density at radius 2 is 1.13 bits per heavy atom. The van der Waals surface area contributed by atoms with E-state index in [2.05, 4.69) is 65.7 Å². The molecular weight excluding hydrogens is 376 g/mol. The van der Waals surface area contributed by atoms with E-state index in [1.807, 2.05) is 0 Å². The second kappa shape index (κ2) is 17.0. The third kappa shape index (κ3) is 10.5. The van der Waals surface area contributed by atoms with E-state index in [1.165, 1.54) is 121 Å². The topological polar surface area (TPSA) is 8.81 Å². The molecule has 0 aliphatic heterocycles. The molecule has 1 aromatic heterocycles. The van der Waals surface area contributed by atoms with Gasteiger partial charge in [-0.1, -0.05) is 116 Å². The fourth-order valence-electron chi connectivity index (χ4n) is 4.58. The van der Waals surface area contributed by atoms with Gasteiger partial charge >= 0.3 is 0 Å². The number of aryl methyl sites for hydroxylation is 1. The quantitative estimate of drug-likeness (QED) is 0.157. The molecule has 31 heavy (non-hydrogen) atoms. The molecule has 0 aliphatic rings. The van der Waals surface area contributed by atoms with E-state index in [4.69, 9.17) is 0 Å². The Bertz CT molecular complexity index is 659. The van der Waals surface area contributed by atoms with Crippen LogP contribution in [0.2, 0.25) is 0 Å². The highest BCUT2D eigenvalue weighted by molar-refractivity contribution is 5.31. The summed E-state index contributed by atoms with van der Waals surface area (Å²) in [6, 6.07) is 10.8. The lowest BCUT2D eigenvalue weighted by Gasteiger charge is -2.06. The van der Waals surface area contributed by atoms with Gasteiger partial charge in [-0.25, -0.2) is 4.57 Å². The van der Waals surface area contributed by atoms with Crippen molar-refractivity contribution < 1.29 is 4.57 Å². The van der Waals surface area contributed by atoms with Crippen molar-refractivity contribution in [1.82, 2.24) is 4.57 Å². The van der Waals surface area contributed by atoms with Gasteiger partial charge < -0.3 is 0 Å². The highest BCUT2D eigenvalue weighted by Gasteiger charge is 2.18. The standard InChI is InChI=1S/C29H49N2/c1-3-5-7-8-9-10-11-12-13-14-15-16-20-24-29-30(25-21-6-4-2)26-27-31(29)28-22-18-17-19-23-28/h17-19,22-23,26-27H,3-16,20-21,24-25H2,1-2H3/q+1. The Morgan fingerprint density at radius 3 is 1.71 bits per heavy atom. The Labute approximate surface area is 193 Å². The zero-order valence-electron chi connectivity index (χ0n) is 20.7. The van der Waals surface area contributed by atoms with Crippen molar-refractivity contribution in [2.24, 2.45) is 0 Å². The van der Waals surface area contributed by atoms with Gasteiger partial charge in [-0.15, -0.1) is 0 Å². The minimum Gasteiger partial charge on any atom is -0.234 e. The zero-order chi connectivity index (χ0) is 22.0. The monoisotopic (exact) mass is 425 g/mol. The summed E-state index contributed by atoms with van der Waals surface area (Å²) in [6.07, 6.45) is 28.1. The maximum absolute atomic E-state index is 2.50. The molecule has 0 N–H and O–H groups in total. The Morgan fingerprint density at radius 1 is 0.613 bits per heavy atom. The van der Waals surface area contributed by atoms with Crippen molar-refractivity contribution in [3.05, 3.63) is 48.5 Å². The largest absolute Gasteiger partial charge is 0.261 e. The summed E-state index contributed by atoms with van der Waals surface area (Å²) in [5.74, 6) is 1.48. The van der Waals surface area contributed by atoms with E-state index < -0.39 is 0 Å². The molecular formula is C29H49N2+. The second-order valence-corrected chi connectivity index (χ2v) is 9.31. The molecule has 0 radical (unpaired) electrons. The lowest BCUT2D eigenvalue weighted by molar-refractivity contribution is -0.704. The number of benzene rings is 1. The van der Waals surface area contributed by atoms with E-state index in [-0.39, 0.29) is 0 Å². The highest BCUT2D eigenvalue weighted by atomic mass is 15.1. The summed E-state index contributed by atoms with van der Waals surface area (Å²) in [4.78, 5) is 0. The number of imidazole rings is 1. The van der Waals surface area contributed by atoms with Crippen LogP contribution in [0.4, 0.5) is 0 Å². The molecule has 2 aromatic rings. The van der Waals surface area contributed by atoms with Gasteiger partial charge in [0.15, 0.2) is 0 Å². The normalized spacial score (nSPS) is 11.3. The third-order valence-electron chi connectivity index (χ3n) is 6.55. The van der Waals surface area contributed by atoms with Crippen LogP contribution in [0.25, 0.3) is 5.69 Å². The van der Waals surface area contributed by atoms with E-state index in [9.17, 15) is 0 Å². The van der Waals surface area contributed by atoms with E-state index in [1.54, 1.807) is 0 Å². The van der Waals surface area contributed by atoms with Gasteiger partial charge in [-0.3, -0.25) is 0 Å². The van der Waals surface area contributed by atoms with Crippen molar-refractivity contribution in [3.63, 3.8) is 0 Å². The van der Waals surface area contributed by atoms with Gasteiger partial charge in [-0.2, -0.15) is 4.57 Å². The van der Waals surface area contributed by atoms with Crippen molar-refractivity contribution in [2.45, 2.75) is 130 Å². The van der Waals surface area contributed by atoms with Crippen LogP contribution in [0, 0.1) is 0 Å². The van der Waals surface area contributed by atoms with Gasteiger partial charge in [-0.05, 0) is 31.4 Å². The molecule has 0 aliphatic carbocycles. The summed E-state index contributed by atoms with van der Waals surface area (Å²) in [6.45, 7) is 5.74. The summed E-state index contributed by atoms with van der Waals surface area (Å²) < 4.78 is 4.91. The number of hydrogen-bond donors (Lipinski definition) is 0. The maximum Gasteiger partial charge on any atom is 0.261 e. The van der Waals surface area contributed by atoms with E-state index >= 15 is 0 Å². The molecule has 0 atom stereocenters. The Kier molecular flexibility index (Phi) is 14.1. The van der Waals surface area contributed by atoms with Crippen LogP contribution >= 0.6 is 0 Å². The molecule has 2 heteroatoms. The predicted octanol–water partition coefficient (Wildman–Crippen LogP) is 8.59. The molecule has 2 rings (SSSR count). The molecule has 0 saturated carbocycles. The Hall–Kier alpha value is -1.57. The lowest BCUT2D eigenvalue weighted by Crippen LogP contribution is -2.37. The SMILES string of the molecule is CCCCCCCCCCCCCCCc1n(-c2ccccc2)cc[n+]1CCCCC. The minimum atomic E-state index is 1.15. The summed E-state index contributed by atoms with van der Waals surface area (Å²) in [7, 11) is 0. The molecule has 0 unspecified atom stereocenters. The average Bonchev–Trinajstić information content (AvgIpc) is 3.20. The first kappa shape index (κ1) is 25.7. The number of para-hydroxylation sites is 1. The van der Waals surface area contributed by atoms with Gasteiger partial charge in [0.2, 0.25) is 0 Å². The van der Waals surface area contributed by atoms with Crippen LogP contribution in [0.3, 0.4) is 0 Å². The molecule has 0 spiro atoms. The first-order valence-electron chi connectivity index (χ1n) is 13.5.